The van der Waals surface area contributed by atoms with E-state index in [-0.39, 0.29) is 10.1 Å². The van der Waals surface area contributed by atoms with E-state index in [9.17, 15) is 13.2 Å². The number of halogens is 1. The Labute approximate surface area is 158 Å². The molecule has 1 aliphatic rings. The molecule has 1 saturated heterocycles. The molecule has 2 rings (SSSR count). The Morgan fingerprint density at radius 2 is 1.92 bits per heavy atom. The number of carbonyl (C=O) groups excluding carboxylic acids is 1. The summed E-state index contributed by atoms with van der Waals surface area (Å²) in [6, 6.07) is 3.11. The molecular formula is C16H24ClN3O3S2. The van der Waals surface area contributed by atoms with E-state index in [1.54, 1.807) is 11.0 Å². The van der Waals surface area contributed by atoms with Crippen molar-refractivity contribution < 1.29 is 13.2 Å². The first-order valence-corrected chi connectivity index (χ1v) is 10.8. The summed E-state index contributed by atoms with van der Waals surface area (Å²) in [6.45, 7) is 11.0. The second kappa shape index (κ2) is 8.64. The van der Waals surface area contributed by atoms with Gasteiger partial charge in [-0.3, -0.25) is 9.69 Å². The van der Waals surface area contributed by atoms with Crippen LogP contribution in [0.5, 0.6) is 0 Å². The minimum Gasteiger partial charge on any atom is -0.339 e. The molecule has 0 atom stereocenters. The summed E-state index contributed by atoms with van der Waals surface area (Å²) in [6.07, 6.45) is 0. The molecule has 1 aromatic heterocycles. The average molecular weight is 406 g/mol. The second-order valence-electron chi connectivity index (χ2n) is 6.10. The number of nitrogens with zero attached hydrogens (tertiary/aromatic N) is 3. The highest BCUT2D eigenvalue weighted by Gasteiger charge is 2.31. The van der Waals surface area contributed by atoms with Gasteiger partial charge in [0.25, 0.3) is 10.0 Å². The largest absolute Gasteiger partial charge is 0.339 e. The molecule has 9 heteroatoms. The minimum absolute atomic E-state index is 0.0271. The molecule has 0 aliphatic carbocycles. The van der Waals surface area contributed by atoms with Crippen molar-refractivity contribution in [2.45, 2.75) is 18.1 Å². The highest BCUT2D eigenvalue weighted by atomic mass is 35.5. The Morgan fingerprint density at radius 3 is 2.40 bits per heavy atom. The van der Waals surface area contributed by atoms with E-state index in [4.69, 9.17) is 11.6 Å². The smallest absolute Gasteiger partial charge is 0.252 e. The summed E-state index contributed by atoms with van der Waals surface area (Å²) >= 11 is 6.89. The Bertz CT molecular complexity index is 725. The van der Waals surface area contributed by atoms with Gasteiger partial charge in [0.1, 0.15) is 4.21 Å². The van der Waals surface area contributed by atoms with Gasteiger partial charge in [0, 0.05) is 32.7 Å². The molecule has 25 heavy (non-hydrogen) atoms. The fourth-order valence-electron chi connectivity index (χ4n) is 2.69. The van der Waals surface area contributed by atoms with Crippen molar-refractivity contribution >= 4 is 38.9 Å². The van der Waals surface area contributed by atoms with Crippen molar-refractivity contribution in [3.8, 4) is 0 Å². The summed E-state index contributed by atoms with van der Waals surface area (Å²) in [5.41, 5.74) is 1.01. The number of carbonyl (C=O) groups is 1. The van der Waals surface area contributed by atoms with Crippen molar-refractivity contribution in [3.63, 3.8) is 0 Å². The lowest BCUT2D eigenvalue weighted by atomic mass is 10.3. The topological polar surface area (TPSA) is 60.9 Å². The van der Waals surface area contributed by atoms with Crippen LogP contribution in [0.1, 0.15) is 13.8 Å². The van der Waals surface area contributed by atoms with Gasteiger partial charge in [-0.15, -0.1) is 11.3 Å². The van der Waals surface area contributed by atoms with Crippen LogP contribution in [-0.2, 0) is 14.8 Å². The Hall–Kier alpha value is -0.930. The number of hydrogen-bond donors (Lipinski definition) is 0. The molecule has 0 bridgehead atoms. The van der Waals surface area contributed by atoms with Crippen LogP contribution in [0, 0.1) is 0 Å². The number of sulfonamides is 1. The molecule has 1 aromatic rings. The fraction of sp³-hybridized carbons (Fsp3) is 0.562. The summed E-state index contributed by atoms with van der Waals surface area (Å²) in [5.74, 6) is 0.0271. The van der Waals surface area contributed by atoms with Crippen LogP contribution in [0.3, 0.4) is 0 Å². The molecule has 0 unspecified atom stereocenters. The van der Waals surface area contributed by atoms with E-state index in [2.05, 4.69) is 6.58 Å². The molecule has 0 aromatic carbocycles. The molecule has 1 aliphatic heterocycles. The number of likely N-dealkylation sites (N-methyl/N-ethyl adjacent to an activating group) is 1. The lowest BCUT2D eigenvalue weighted by Crippen LogP contribution is -2.52. The highest BCUT2D eigenvalue weighted by Crippen LogP contribution is 2.28. The monoisotopic (exact) mass is 405 g/mol. The third kappa shape index (κ3) is 5.27. The number of rotatable bonds is 7. The van der Waals surface area contributed by atoms with Crippen molar-refractivity contribution in [1.29, 1.82) is 0 Å². The number of hydrogen-bond acceptors (Lipinski definition) is 5. The van der Waals surface area contributed by atoms with Crippen molar-refractivity contribution in [2.24, 2.45) is 0 Å². The predicted molar refractivity (Wildman–Crippen MR) is 102 cm³/mol. The van der Waals surface area contributed by atoms with E-state index < -0.39 is 10.0 Å². The van der Waals surface area contributed by atoms with Crippen molar-refractivity contribution in [3.05, 3.63) is 28.6 Å². The molecular weight excluding hydrogens is 382 g/mol. The molecule has 140 valence electrons. The van der Waals surface area contributed by atoms with E-state index in [0.29, 0.717) is 43.6 Å². The van der Waals surface area contributed by atoms with Gasteiger partial charge in [0.2, 0.25) is 5.91 Å². The molecule has 2 heterocycles. The van der Waals surface area contributed by atoms with Crippen molar-refractivity contribution in [2.75, 3.05) is 45.8 Å². The maximum absolute atomic E-state index is 12.6. The standard InChI is InChI=1S/C16H24ClN3O3S2/c1-4-18(11-13(2)3)12-15(21)19-7-9-20(10-8-19)25(22,23)16-6-5-14(17)24-16/h5-6H,2,4,7-12H2,1,3H3. The second-order valence-corrected chi connectivity index (χ2v) is 9.98. The molecule has 0 radical (unpaired) electrons. The third-order valence-electron chi connectivity index (χ3n) is 4.03. The normalized spacial score (nSPS) is 16.4. The lowest BCUT2D eigenvalue weighted by Gasteiger charge is -2.34. The van der Waals surface area contributed by atoms with Gasteiger partial charge in [-0.1, -0.05) is 30.7 Å². The van der Waals surface area contributed by atoms with Crippen LogP contribution in [0.4, 0.5) is 0 Å². The highest BCUT2D eigenvalue weighted by molar-refractivity contribution is 7.91. The van der Waals surface area contributed by atoms with Gasteiger partial charge >= 0.3 is 0 Å². The maximum atomic E-state index is 12.6. The van der Waals surface area contributed by atoms with E-state index in [1.165, 1.54) is 10.4 Å². The zero-order valence-corrected chi connectivity index (χ0v) is 17.0. The van der Waals surface area contributed by atoms with Gasteiger partial charge < -0.3 is 4.90 Å². The number of piperazine rings is 1. The van der Waals surface area contributed by atoms with Gasteiger partial charge in [-0.25, -0.2) is 8.42 Å². The maximum Gasteiger partial charge on any atom is 0.252 e. The Balaban J connectivity index is 1.92. The first-order valence-electron chi connectivity index (χ1n) is 8.14. The van der Waals surface area contributed by atoms with Crippen molar-refractivity contribution in [1.82, 2.24) is 14.1 Å². The number of thiophene rings is 1. The predicted octanol–water partition coefficient (Wildman–Crippen LogP) is 2.13. The summed E-state index contributed by atoms with van der Waals surface area (Å²) < 4.78 is 27.3. The van der Waals surface area contributed by atoms with Gasteiger partial charge in [-0.05, 0) is 25.6 Å². The fourth-order valence-corrected chi connectivity index (χ4v) is 5.75. The first kappa shape index (κ1) is 20.4. The zero-order valence-electron chi connectivity index (χ0n) is 14.6. The molecule has 0 saturated carbocycles. The SMILES string of the molecule is C=C(C)CN(CC)CC(=O)N1CCN(S(=O)(=O)c2ccc(Cl)s2)CC1. The van der Waals surface area contributed by atoms with Crippen LogP contribution in [0.25, 0.3) is 0 Å². The van der Waals surface area contributed by atoms with Gasteiger partial charge in [-0.2, -0.15) is 4.31 Å². The quantitative estimate of drug-likeness (QED) is 0.652. The van der Waals surface area contributed by atoms with E-state index in [0.717, 1.165) is 23.5 Å². The summed E-state index contributed by atoms with van der Waals surface area (Å²) in [5, 5.41) is 0. The molecule has 6 nitrogen and oxygen atoms in total. The third-order valence-corrected chi connectivity index (χ3v) is 7.63. The molecule has 1 fully saturated rings. The zero-order chi connectivity index (χ0) is 18.6. The average Bonchev–Trinajstić information content (AvgIpc) is 3.01. The molecule has 0 N–H and O–H groups in total. The molecule has 1 amide bonds. The van der Waals surface area contributed by atoms with Crippen LogP contribution in [-0.4, -0.2) is 74.2 Å². The minimum atomic E-state index is -3.53. The Morgan fingerprint density at radius 1 is 1.28 bits per heavy atom. The summed E-state index contributed by atoms with van der Waals surface area (Å²) in [7, 11) is -3.53. The Kier molecular flexibility index (Phi) is 7.04. The van der Waals surface area contributed by atoms with Gasteiger partial charge in [0.15, 0.2) is 0 Å². The first-order chi connectivity index (χ1) is 11.7. The van der Waals surface area contributed by atoms with E-state index >= 15 is 0 Å². The molecule has 0 spiro atoms. The van der Waals surface area contributed by atoms with Crippen LogP contribution in [0.15, 0.2) is 28.5 Å². The lowest BCUT2D eigenvalue weighted by molar-refractivity contribution is -0.133. The number of amides is 1. The summed E-state index contributed by atoms with van der Waals surface area (Å²) in [4.78, 5) is 16.2. The van der Waals surface area contributed by atoms with Crippen LogP contribution >= 0.6 is 22.9 Å². The van der Waals surface area contributed by atoms with Crippen LogP contribution < -0.4 is 0 Å². The van der Waals surface area contributed by atoms with E-state index in [1.807, 2.05) is 18.7 Å². The van der Waals surface area contributed by atoms with Gasteiger partial charge in [0.05, 0.1) is 10.9 Å². The van der Waals surface area contributed by atoms with Crippen LogP contribution in [0.2, 0.25) is 4.34 Å².